The van der Waals surface area contributed by atoms with Crippen molar-refractivity contribution >= 4 is 25.5 Å². The van der Waals surface area contributed by atoms with E-state index < -0.39 is 8.32 Å². The summed E-state index contributed by atoms with van der Waals surface area (Å²) in [7, 11) is -2.02. The monoisotopic (exact) mass is 360 g/mol. The summed E-state index contributed by atoms with van der Waals surface area (Å²) in [5.41, 5.74) is 1.39. The molecule has 2 heterocycles. The van der Waals surface area contributed by atoms with Crippen molar-refractivity contribution in [3.05, 3.63) is 23.9 Å². The fraction of sp³-hybridized carbons (Fsp3) is 0.579. The number of benzene rings is 1. The second-order valence-electron chi connectivity index (χ2n) is 8.32. The molecule has 0 spiro atoms. The minimum atomic E-state index is -2.02. The molecule has 1 atom stereocenters. The molecule has 0 bridgehead atoms. The zero-order chi connectivity index (χ0) is 18.2. The normalized spacial score (nSPS) is 19.2. The highest BCUT2D eigenvalue weighted by Gasteiger charge is 2.39. The van der Waals surface area contributed by atoms with Crippen molar-refractivity contribution in [2.24, 2.45) is 0 Å². The summed E-state index contributed by atoms with van der Waals surface area (Å²) in [4.78, 5) is 11.8. The Morgan fingerprint density at radius 2 is 2.08 bits per heavy atom. The number of fused-ring (bicyclic) bond motifs is 1. The van der Waals surface area contributed by atoms with Gasteiger partial charge in [0.1, 0.15) is 12.0 Å². The highest BCUT2D eigenvalue weighted by atomic mass is 28.4. The molecule has 3 rings (SSSR count). The number of rotatable bonds is 4. The third-order valence-electron chi connectivity index (χ3n) is 5.45. The first-order chi connectivity index (χ1) is 11.7. The highest BCUT2D eigenvalue weighted by Crippen LogP contribution is 2.39. The Morgan fingerprint density at radius 3 is 2.68 bits per heavy atom. The van der Waals surface area contributed by atoms with E-state index in [9.17, 15) is 4.79 Å². The molecular weight excluding hydrogens is 332 g/mol. The van der Waals surface area contributed by atoms with Crippen LogP contribution >= 0.6 is 0 Å². The van der Waals surface area contributed by atoms with Crippen LogP contribution in [0, 0.1) is 0 Å². The fourth-order valence-electron chi connectivity index (χ4n) is 2.83. The Hall–Kier alpha value is -1.66. The third-order valence-corrected chi connectivity index (χ3v) is 9.79. The molecular formula is C19H28N2O3Si. The lowest BCUT2D eigenvalue weighted by molar-refractivity contribution is -0.0390. The maximum Gasteiger partial charge on any atom is 0.250 e. The minimum absolute atomic E-state index is 0.0367. The van der Waals surface area contributed by atoms with Crippen LogP contribution in [-0.2, 0) is 4.74 Å². The minimum Gasteiger partial charge on any atom is -0.543 e. The fourth-order valence-corrected chi connectivity index (χ4v) is 3.87. The predicted molar refractivity (Wildman–Crippen MR) is 102 cm³/mol. The Balaban J connectivity index is 1.99. The van der Waals surface area contributed by atoms with Gasteiger partial charge >= 0.3 is 0 Å². The molecule has 0 saturated carbocycles. The van der Waals surface area contributed by atoms with Crippen LogP contribution in [0.25, 0.3) is 10.9 Å². The number of hydrogen-bond donors (Lipinski definition) is 0. The smallest absolute Gasteiger partial charge is 0.250 e. The lowest BCUT2D eigenvalue weighted by Crippen LogP contribution is -2.44. The van der Waals surface area contributed by atoms with Gasteiger partial charge in [-0.1, -0.05) is 20.8 Å². The van der Waals surface area contributed by atoms with Crippen molar-refractivity contribution in [3.63, 3.8) is 0 Å². The number of ether oxygens (including phenoxy) is 1. The van der Waals surface area contributed by atoms with E-state index in [2.05, 4.69) is 39.0 Å². The quantitative estimate of drug-likeness (QED) is 0.573. The van der Waals surface area contributed by atoms with Crippen LogP contribution in [-0.4, -0.2) is 31.0 Å². The predicted octanol–water partition coefficient (Wildman–Crippen LogP) is 4.93. The summed E-state index contributed by atoms with van der Waals surface area (Å²) in [5, 5.41) is 5.53. The molecule has 0 radical (unpaired) electrons. The molecule has 136 valence electrons. The molecule has 6 heteroatoms. The second kappa shape index (κ2) is 6.57. The zero-order valence-electron chi connectivity index (χ0n) is 15.8. The number of aromatic nitrogens is 2. The van der Waals surface area contributed by atoms with E-state index >= 15 is 0 Å². The van der Waals surface area contributed by atoms with Gasteiger partial charge in [-0.25, -0.2) is 4.68 Å². The average molecular weight is 361 g/mol. The lowest BCUT2D eigenvalue weighted by Gasteiger charge is -2.36. The maximum absolute atomic E-state index is 11.8. The summed E-state index contributed by atoms with van der Waals surface area (Å²) in [6.45, 7) is 11.7. The molecule has 1 aliphatic rings. The first-order valence-corrected chi connectivity index (χ1v) is 11.9. The van der Waals surface area contributed by atoms with Crippen LogP contribution in [0.15, 0.2) is 18.3 Å². The molecule has 0 N–H and O–H groups in total. The SMILES string of the molecule is CC(C)(C)[Si](C)(C)Oc1ccc2nn(C3CCCCO3)cc2c1C=O. The van der Waals surface area contributed by atoms with E-state index in [4.69, 9.17) is 9.16 Å². The number of carbonyl (C=O) groups excluding carboxylic acids is 1. The molecule has 1 aromatic heterocycles. The second-order valence-corrected chi connectivity index (χ2v) is 13.0. The van der Waals surface area contributed by atoms with Crippen LogP contribution < -0.4 is 4.43 Å². The number of nitrogens with zero attached hydrogens (tertiary/aromatic N) is 2. The molecule has 0 amide bonds. The van der Waals surface area contributed by atoms with E-state index in [-0.39, 0.29) is 11.3 Å². The van der Waals surface area contributed by atoms with Crippen molar-refractivity contribution in [2.45, 2.75) is 64.4 Å². The molecule has 25 heavy (non-hydrogen) atoms. The van der Waals surface area contributed by atoms with Crippen LogP contribution in [0.3, 0.4) is 0 Å². The number of carbonyl (C=O) groups is 1. The number of hydrogen-bond acceptors (Lipinski definition) is 4. The van der Waals surface area contributed by atoms with Gasteiger partial charge in [0.2, 0.25) is 0 Å². The van der Waals surface area contributed by atoms with Crippen molar-refractivity contribution in [2.75, 3.05) is 6.61 Å². The summed E-state index contributed by atoms with van der Waals surface area (Å²) < 4.78 is 14.1. The Bertz CT molecular complexity index is 771. The molecule has 2 aromatic rings. The van der Waals surface area contributed by atoms with E-state index in [0.717, 1.165) is 43.1 Å². The van der Waals surface area contributed by atoms with E-state index in [1.807, 2.05) is 23.0 Å². The van der Waals surface area contributed by atoms with E-state index in [1.54, 1.807) is 0 Å². The van der Waals surface area contributed by atoms with Crippen molar-refractivity contribution in [3.8, 4) is 5.75 Å². The lowest BCUT2D eigenvalue weighted by atomic mass is 10.1. The standard InChI is InChI=1S/C19H28N2O3Si/c1-19(2,3)25(4,5)24-17-10-9-16-14(15(17)13-22)12-21(20-16)18-8-6-7-11-23-18/h9-10,12-13,18H,6-8,11H2,1-5H3. The molecule has 1 aliphatic heterocycles. The molecule has 1 fully saturated rings. The molecule has 0 aliphatic carbocycles. The third kappa shape index (κ3) is 3.51. The van der Waals surface area contributed by atoms with Gasteiger partial charge in [0.25, 0.3) is 8.32 Å². The Kier molecular flexibility index (Phi) is 4.77. The number of aldehydes is 1. The summed E-state index contributed by atoms with van der Waals surface area (Å²) in [6, 6.07) is 3.82. The van der Waals surface area contributed by atoms with Gasteiger partial charge in [-0.2, -0.15) is 5.10 Å². The molecule has 1 saturated heterocycles. The van der Waals surface area contributed by atoms with Crippen LogP contribution in [0.5, 0.6) is 5.75 Å². The first kappa shape index (κ1) is 18.1. The van der Waals surface area contributed by atoms with Gasteiger partial charge in [0.15, 0.2) is 6.29 Å². The van der Waals surface area contributed by atoms with Crippen LogP contribution in [0.2, 0.25) is 18.1 Å². The molecule has 1 aromatic carbocycles. The first-order valence-electron chi connectivity index (χ1n) is 9.00. The largest absolute Gasteiger partial charge is 0.543 e. The summed E-state index contributed by atoms with van der Waals surface area (Å²) >= 11 is 0. The Morgan fingerprint density at radius 1 is 1.32 bits per heavy atom. The van der Waals surface area contributed by atoms with Crippen molar-refractivity contribution in [1.29, 1.82) is 0 Å². The van der Waals surface area contributed by atoms with Crippen molar-refractivity contribution in [1.82, 2.24) is 9.78 Å². The zero-order valence-corrected chi connectivity index (χ0v) is 16.8. The Labute approximate surface area is 150 Å². The van der Waals surface area contributed by atoms with Gasteiger partial charge in [-0.05, 0) is 49.5 Å². The van der Waals surface area contributed by atoms with Gasteiger partial charge in [-0.3, -0.25) is 4.79 Å². The van der Waals surface area contributed by atoms with Gasteiger partial charge in [-0.15, -0.1) is 0 Å². The molecule has 1 unspecified atom stereocenters. The molecule has 5 nitrogen and oxygen atoms in total. The van der Waals surface area contributed by atoms with Crippen LogP contribution in [0.4, 0.5) is 0 Å². The highest BCUT2D eigenvalue weighted by molar-refractivity contribution is 6.74. The summed E-state index contributed by atoms with van der Waals surface area (Å²) in [5.74, 6) is 0.665. The van der Waals surface area contributed by atoms with Crippen molar-refractivity contribution < 1.29 is 14.0 Å². The van der Waals surface area contributed by atoms with Gasteiger partial charge < -0.3 is 9.16 Å². The van der Waals surface area contributed by atoms with E-state index in [1.165, 1.54) is 0 Å². The van der Waals surface area contributed by atoms with E-state index in [0.29, 0.717) is 11.3 Å². The topological polar surface area (TPSA) is 53.4 Å². The summed E-state index contributed by atoms with van der Waals surface area (Å²) in [6.07, 6.45) is 5.97. The maximum atomic E-state index is 11.8. The van der Waals surface area contributed by atoms with Gasteiger partial charge in [0, 0.05) is 18.2 Å². The van der Waals surface area contributed by atoms with Crippen LogP contribution in [0.1, 0.15) is 56.6 Å². The average Bonchev–Trinajstić information content (AvgIpc) is 2.98. The van der Waals surface area contributed by atoms with Gasteiger partial charge in [0.05, 0.1) is 11.1 Å².